The van der Waals surface area contributed by atoms with Gasteiger partial charge in [-0.15, -0.1) is 0 Å². The number of hydrogen-bond donors (Lipinski definition) is 1. The lowest BCUT2D eigenvalue weighted by Gasteiger charge is -2.34. The third-order valence-corrected chi connectivity index (χ3v) is 4.33. The average Bonchev–Trinajstić information content (AvgIpc) is 2.92. The SMILES string of the molecule is C[C@@H]1COCCN1C(=O)NC[C@H](c1ccsc1)N(C)C. The molecule has 2 amide bonds. The number of urea groups is 1. The van der Waals surface area contributed by atoms with Crippen molar-refractivity contribution in [2.45, 2.75) is 19.0 Å². The van der Waals surface area contributed by atoms with E-state index in [0.717, 1.165) is 0 Å². The van der Waals surface area contributed by atoms with E-state index in [2.05, 4.69) is 27.0 Å². The summed E-state index contributed by atoms with van der Waals surface area (Å²) in [5.41, 5.74) is 1.25. The summed E-state index contributed by atoms with van der Waals surface area (Å²) in [5.74, 6) is 0. The van der Waals surface area contributed by atoms with E-state index in [0.29, 0.717) is 26.3 Å². The maximum Gasteiger partial charge on any atom is 0.317 e. The van der Waals surface area contributed by atoms with Gasteiger partial charge in [0.25, 0.3) is 0 Å². The number of carbonyl (C=O) groups excluding carboxylic acids is 1. The van der Waals surface area contributed by atoms with Crippen LogP contribution < -0.4 is 5.32 Å². The molecule has 20 heavy (non-hydrogen) atoms. The quantitative estimate of drug-likeness (QED) is 0.921. The molecular formula is C14H23N3O2S. The summed E-state index contributed by atoms with van der Waals surface area (Å²) in [6.45, 7) is 4.54. The molecular weight excluding hydrogens is 274 g/mol. The minimum Gasteiger partial charge on any atom is -0.377 e. The zero-order valence-corrected chi connectivity index (χ0v) is 13.2. The Bertz CT molecular complexity index is 422. The zero-order valence-electron chi connectivity index (χ0n) is 12.3. The van der Waals surface area contributed by atoms with Crippen LogP contribution in [0.2, 0.25) is 0 Å². The Balaban J connectivity index is 1.90. The second kappa shape index (κ2) is 7.06. The molecule has 6 heteroatoms. The van der Waals surface area contributed by atoms with Crippen molar-refractivity contribution in [2.75, 3.05) is 40.4 Å². The molecule has 0 unspecified atom stereocenters. The molecule has 1 saturated heterocycles. The molecule has 2 heterocycles. The fourth-order valence-corrected chi connectivity index (χ4v) is 3.08. The van der Waals surface area contributed by atoms with Crippen LogP contribution in [0.4, 0.5) is 4.79 Å². The first kappa shape index (κ1) is 15.3. The van der Waals surface area contributed by atoms with Gasteiger partial charge < -0.3 is 19.9 Å². The molecule has 2 atom stereocenters. The lowest BCUT2D eigenvalue weighted by atomic mass is 10.1. The summed E-state index contributed by atoms with van der Waals surface area (Å²) in [5, 5.41) is 7.25. The Hall–Kier alpha value is -1.11. The number of morpholine rings is 1. The van der Waals surface area contributed by atoms with E-state index in [1.54, 1.807) is 11.3 Å². The molecule has 2 rings (SSSR count). The molecule has 0 aromatic carbocycles. The molecule has 0 saturated carbocycles. The van der Waals surface area contributed by atoms with Gasteiger partial charge in [-0.05, 0) is 43.4 Å². The first-order valence-electron chi connectivity index (χ1n) is 6.90. The molecule has 1 aromatic rings. The van der Waals surface area contributed by atoms with Crippen molar-refractivity contribution >= 4 is 17.4 Å². The second-order valence-corrected chi connectivity index (χ2v) is 6.12. The number of hydrogen-bond acceptors (Lipinski definition) is 4. The van der Waals surface area contributed by atoms with E-state index in [4.69, 9.17) is 4.74 Å². The van der Waals surface area contributed by atoms with Crippen LogP contribution in [-0.4, -0.2) is 62.3 Å². The Kier molecular flexibility index (Phi) is 5.39. The average molecular weight is 297 g/mol. The van der Waals surface area contributed by atoms with Gasteiger partial charge in [-0.1, -0.05) is 0 Å². The summed E-state index contributed by atoms with van der Waals surface area (Å²) >= 11 is 1.68. The van der Waals surface area contributed by atoms with E-state index in [9.17, 15) is 4.79 Å². The maximum atomic E-state index is 12.2. The normalized spacial score (nSPS) is 21.0. The van der Waals surface area contributed by atoms with Gasteiger partial charge in [0.05, 0.1) is 25.3 Å². The summed E-state index contributed by atoms with van der Waals surface area (Å²) in [7, 11) is 4.07. The van der Waals surface area contributed by atoms with Crippen molar-refractivity contribution in [1.82, 2.24) is 15.1 Å². The lowest BCUT2D eigenvalue weighted by Crippen LogP contribution is -2.52. The predicted octanol–water partition coefficient (Wildman–Crippen LogP) is 1.78. The number of likely N-dealkylation sites (N-methyl/N-ethyl adjacent to an activating group) is 1. The van der Waals surface area contributed by atoms with Gasteiger partial charge in [-0.25, -0.2) is 4.79 Å². The Morgan fingerprint density at radius 2 is 2.45 bits per heavy atom. The molecule has 1 aliphatic rings. The molecule has 112 valence electrons. The van der Waals surface area contributed by atoms with Crippen LogP contribution in [0, 0.1) is 0 Å². The van der Waals surface area contributed by atoms with Crippen LogP contribution in [-0.2, 0) is 4.74 Å². The molecule has 0 bridgehead atoms. The second-order valence-electron chi connectivity index (χ2n) is 5.34. The van der Waals surface area contributed by atoms with Crippen molar-refractivity contribution in [2.24, 2.45) is 0 Å². The van der Waals surface area contributed by atoms with Crippen LogP contribution in [0.25, 0.3) is 0 Å². The van der Waals surface area contributed by atoms with Crippen LogP contribution in [0.3, 0.4) is 0 Å². The highest BCUT2D eigenvalue weighted by Crippen LogP contribution is 2.20. The monoisotopic (exact) mass is 297 g/mol. The number of rotatable bonds is 4. The van der Waals surface area contributed by atoms with Gasteiger partial charge in [0.2, 0.25) is 0 Å². The lowest BCUT2D eigenvalue weighted by molar-refractivity contribution is 0.0187. The number of thiophene rings is 1. The minimum atomic E-state index is 0.00267. The third-order valence-electron chi connectivity index (χ3n) is 3.63. The number of amides is 2. The van der Waals surface area contributed by atoms with Gasteiger partial charge in [-0.2, -0.15) is 11.3 Å². The van der Waals surface area contributed by atoms with E-state index in [1.807, 2.05) is 25.9 Å². The maximum absolute atomic E-state index is 12.2. The van der Waals surface area contributed by atoms with Gasteiger partial charge in [0, 0.05) is 13.1 Å². The summed E-state index contributed by atoms with van der Waals surface area (Å²) in [4.78, 5) is 16.2. The van der Waals surface area contributed by atoms with Crippen molar-refractivity contribution in [3.05, 3.63) is 22.4 Å². The topological polar surface area (TPSA) is 44.8 Å². The van der Waals surface area contributed by atoms with E-state index in [1.165, 1.54) is 5.56 Å². The molecule has 5 nitrogen and oxygen atoms in total. The van der Waals surface area contributed by atoms with Crippen LogP contribution >= 0.6 is 11.3 Å². The van der Waals surface area contributed by atoms with Gasteiger partial charge in [-0.3, -0.25) is 0 Å². The van der Waals surface area contributed by atoms with E-state index >= 15 is 0 Å². The van der Waals surface area contributed by atoms with Crippen LogP contribution in [0.15, 0.2) is 16.8 Å². The number of nitrogens with one attached hydrogen (secondary N) is 1. The number of carbonyl (C=O) groups is 1. The van der Waals surface area contributed by atoms with Gasteiger partial charge >= 0.3 is 6.03 Å². The molecule has 0 radical (unpaired) electrons. The number of ether oxygens (including phenoxy) is 1. The molecule has 1 N–H and O–H groups in total. The fraction of sp³-hybridized carbons (Fsp3) is 0.643. The Morgan fingerprint density at radius 1 is 1.65 bits per heavy atom. The highest BCUT2D eigenvalue weighted by molar-refractivity contribution is 7.07. The highest BCUT2D eigenvalue weighted by Gasteiger charge is 2.24. The van der Waals surface area contributed by atoms with Crippen LogP contribution in [0.5, 0.6) is 0 Å². The fourth-order valence-electron chi connectivity index (χ4n) is 2.38. The molecule has 0 spiro atoms. The first-order valence-corrected chi connectivity index (χ1v) is 7.84. The highest BCUT2D eigenvalue weighted by atomic mass is 32.1. The van der Waals surface area contributed by atoms with E-state index < -0.39 is 0 Å². The molecule has 1 aliphatic heterocycles. The Morgan fingerprint density at radius 3 is 3.05 bits per heavy atom. The number of nitrogens with zero attached hydrogens (tertiary/aromatic N) is 2. The molecule has 1 aromatic heterocycles. The van der Waals surface area contributed by atoms with Crippen molar-refractivity contribution in [3.63, 3.8) is 0 Å². The first-order chi connectivity index (χ1) is 9.59. The summed E-state index contributed by atoms with van der Waals surface area (Å²) in [6.07, 6.45) is 0. The molecule has 0 aliphatic carbocycles. The van der Waals surface area contributed by atoms with Crippen LogP contribution in [0.1, 0.15) is 18.5 Å². The zero-order chi connectivity index (χ0) is 14.5. The van der Waals surface area contributed by atoms with Crippen molar-refractivity contribution < 1.29 is 9.53 Å². The third kappa shape index (κ3) is 3.71. The van der Waals surface area contributed by atoms with Crippen molar-refractivity contribution in [3.8, 4) is 0 Å². The summed E-state index contributed by atoms with van der Waals surface area (Å²) in [6, 6.07) is 2.46. The predicted molar refractivity (Wildman–Crippen MR) is 81.1 cm³/mol. The summed E-state index contributed by atoms with van der Waals surface area (Å²) < 4.78 is 5.36. The van der Waals surface area contributed by atoms with Gasteiger partial charge in [0.1, 0.15) is 0 Å². The largest absolute Gasteiger partial charge is 0.377 e. The molecule has 1 fully saturated rings. The standard InChI is InChI=1S/C14H23N3O2S/c1-11-9-19-6-5-17(11)14(18)15-8-13(16(2)3)12-4-7-20-10-12/h4,7,10-11,13H,5-6,8-9H2,1-3H3,(H,15,18)/t11-,13-/m1/s1. The minimum absolute atomic E-state index is 0.00267. The smallest absolute Gasteiger partial charge is 0.317 e. The van der Waals surface area contributed by atoms with E-state index in [-0.39, 0.29) is 18.1 Å². The van der Waals surface area contributed by atoms with Gasteiger partial charge in [0.15, 0.2) is 0 Å². The Labute approximate surface area is 124 Å². The van der Waals surface area contributed by atoms with Crippen molar-refractivity contribution in [1.29, 1.82) is 0 Å².